The summed E-state index contributed by atoms with van der Waals surface area (Å²) in [6.45, 7) is 6.39. The lowest BCUT2D eigenvalue weighted by atomic mass is 10.0. The Hall–Kier alpha value is -1.79. The first-order valence-corrected chi connectivity index (χ1v) is 6.80. The maximum atomic E-state index is 5.01. The van der Waals surface area contributed by atoms with Crippen LogP contribution in [0, 0.1) is 0 Å². The molecule has 6 heteroatoms. The Morgan fingerprint density at radius 3 is 2.85 bits per heavy atom. The lowest BCUT2D eigenvalue weighted by Crippen LogP contribution is -2.21. The Morgan fingerprint density at radius 1 is 1.30 bits per heavy atom. The van der Waals surface area contributed by atoms with Crippen LogP contribution in [-0.2, 0) is 11.3 Å². The van der Waals surface area contributed by atoms with Gasteiger partial charge in [0.2, 0.25) is 0 Å². The summed E-state index contributed by atoms with van der Waals surface area (Å²) in [6.07, 6.45) is 0. The summed E-state index contributed by atoms with van der Waals surface area (Å²) < 4.78 is 6.81. The molecule has 1 aromatic carbocycles. The average molecular weight is 275 g/mol. The van der Waals surface area contributed by atoms with Crippen LogP contribution in [0.15, 0.2) is 24.3 Å². The fraction of sp³-hybridized carbons (Fsp3) is 0.500. The third kappa shape index (κ3) is 3.40. The third-order valence-electron chi connectivity index (χ3n) is 3.09. The number of benzene rings is 1. The molecule has 0 atom stereocenters. The van der Waals surface area contributed by atoms with Crippen molar-refractivity contribution >= 4 is 0 Å². The molecule has 1 heterocycles. The molecule has 0 amide bonds. The van der Waals surface area contributed by atoms with E-state index in [-0.39, 0.29) is 0 Å². The van der Waals surface area contributed by atoms with E-state index in [1.54, 1.807) is 11.8 Å². The molecule has 0 aliphatic carbocycles. The maximum absolute atomic E-state index is 5.01. The SMILES string of the molecule is COCCNCc1nnnn1-c1ccccc1C(C)C. The molecule has 108 valence electrons. The molecule has 0 aliphatic heterocycles. The monoisotopic (exact) mass is 275 g/mol. The van der Waals surface area contributed by atoms with Gasteiger partial charge < -0.3 is 10.1 Å². The van der Waals surface area contributed by atoms with E-state index in [4.69, 9.17) is 4.74 Å². The van der Waals surface area contributed by atoms with Crippen molar-refractivity contribution in [2.45, 2.75) is 26.3 Å². The Bertz CT molecular complexity index is 538. The van der Waals surface area contributed by atoms with Crippen molar-refractivity contribution in [3.05, 3.63) is 35.7 Å². The normalized spacial score (nSPS) is 11.2. The van der Waals surface area contributed by atoms with Gasteiger partial charge in [-0.15, -0.1) is 5.10 Å². The number of aromatic nitrogens is 4. The zero-order valence-electron chi connectivity index (χ0n) is 12.2. The Balaban J connectivity index is 2.19. The van der Waals surface area contributed by atoms with Gasteiger partial charge in [0.15, 0.2) is 5.82 Å². The molecule has 0 unspecified atom stereocenters. The second kappa shape index (κ2) is 7.12. The summed E-state index contributed by atoms with van der Waals surface area (Å²) in [5, 5.41) is 15.3. The van der Waals surface area contributed by atoms with E-state index in [1.807, 2.05) is 18.2 Å². The molecule has 0 radical (unpaired) electrons. The number of hydrogen-bond donors (Lipinski definition) is 1. The number of nitrogens with one attached hydrogen (secondary N) is 1. The van der Waals surface area contributed by atoms with E-state index in [2.05, 4.69) is 40.8 Å². The van der Waals surface area contributed by atoms with Crippen molar-refractivity contribution in [1.82, 2.24) is 25.5 Å². The highest BCUT2D eigenvalue weighted by Crippen LogP contribution is 2.22. The zero-order chi connectivity index (χ0) is 14.4. The molecular formula is C14H21N5O. The van der Waals surface area contributed by atoms with Crippen molar-refractivity contribution in [2.24, 2.45) is 0 Å². The van der Waals surface area contributed by atoms with Crippen molar-refractivity contribution in [1.29, 1.82) is 0 Å². The number of tetrazole rings is 1. The Morgan fingerprint density at radius 2 is 2.10 bits per heavy atom. The van der Waals surface area contributed by atoms with Gasteiger partial charge in [-0.2, -0.15) is 4.68 Å². The van der Waals surface area contributed by atoms with Gasteiger partial charge in [0.05, 0.1) is 18.8 Å². The second-order valence-electron chi connectivity index (χ2n) is 4.89. The van der Waals surface area contributed by atoms with Gasteiger partial charge in [-0.1, -0.05) is 32.0 Å². The highest BCUT2D eigenvalue weighted by molar-refractivity contribution is 5.42. The van der Waals surface area contributed by atoms with Gasteiger partial charge in [-0.25, -0.2) is 0 Å². The smallest absolute Gasteiger partial charge is 0.170 e. The molecule has 20 heavy (non-hydrogen) atoms. The van der Waals surface area contributed by atoms with Crippen molar-refractivity contribution in [2.75, 3.05) is 20.3 Å². The number of ether oxygens (including phenoxy) is 1. The van der Waals surface area contributed by atoms with Crippen LogP contribution >= 0.6 is 0 Å². The van der Waals surface area contributed by atoms with Crippen LogP contribution in [-0.4, -0.2) is 40.5 Å². The predicted octanol–water partition coefficient (Wildman–Crippen LogP) is 1.52. The summed E-state index contributed by atoms with van der Waals surface area (Å²) in [6, 6.07) is 8.21. The summed E-state index contributed by atoms with van der Waals surface area (Å²) in [5.74, 6) is 1.22. The first kappa shape index (κ1) is 14.6. The lowest BCUT2D eigenvalue weighted by Gasteiger charge is -2.13. The molecule has 0 bridgehead atoms. The summed E-state index contributed by atoms with van der Waals surface area (Å²) >= 11 is 0. The molecule has 1 N–H and O–H groups in total. The zero-order valence-corrected chi connectivity index (χ0v) is 12.2. The van der Waals surface area contributed by atoms with Gasteiger partial charge in [-0.3, -0.25) is 0 Å². The molecule has 1 aromatic heterocycles. The molecule has 0 fully saturated rings. The molecule has 2 rings (SSSR count). The largest absolute Gasteiger partial charge is 0.383 e. The van der Waals surface area contributed by atoms with Crippen LogP contribution in [0.5, 0.6) is 0 Å². The van der Waals surface area contributed by atoms with Crippen LogP contribution in [0.1, 0.15) is 31.2 Å². The number of hydrogen-bond acceptors (Lipinski definition) is 5. The van der Waals surface area contributed by atoms with Crippen molar-refractivity contribution in [3.63, 3.8) is 0 Å². The minimum Gasteiger partial charge on any atom is -0.383 e. The highest BCUT2D eigenvalue weighted by Gasteiger charge is 2.13. The van der Waals surface area contributed by atoms with Crippen LogP contribution in [0.4, 0.5) is 0 Å². The quantitative estimate of drug-likeness (QED) is 0.776. The Kier molecular flexibility index (Phi) is 5.20. The van der Waals surface area contributed by atoms with Gasteiger partial charge in [0.1, 0.15) is 0 Å². The summed E-state index contributed by atoms with van der Waals surface area (Å²) in [5.41, 5.74) is 2.27. The fourth-order valence-electron chi connectivity index (χ4n) is 2.05. The van der Waals surface area contributed by atoms with E-state index >= 15 is 0 Å². The molecule has 0 saturated heterocycles. The third-order valence-corrected chi connectivity index (χ3v) is 3.09. The van der Waals surface area contributed by atoms with Crippen molar-refractivity contribution in [3.8, 4) is 5.69 Å². The maximum Gasteiger partial charge on any atom is 0.170 e. The molecule has 2 aromatic rings. The summed E-state index contributed by atoms with van der Waals surface area (Å²) in [4.78, 5) is 0. The molecular weight excluding hydrogens is 254 g/mol. The Labute approximate surface area is 119 Å². The number of nitrogens with zero attached hydrogens (tertiary/aromatic N) is 4. The minimum absolute atomic E-state index is 0.421. The van der Waals surface area contributed by atoms with Crippen LogP contribution in [0.2, 0.25) is 0 Å². The highest BCUT2D eigenvalue weighted by atomic mass is 16.5. The molecule has 6 nitrogen and oxygen atoms in total. The predicted molar refractivity (Wildman–Crippen MR) is 76.8 cm³/mol. The lowest BCUT2D eigenvalue weighted by molar-refractivity contribution is 0.199. The van der Waals surface area contributed by atoms with Crippen molar-refractivity contribution < 1.29 is 4.74 Å². The van der Waals surface area contributed by atoms with E-state index in [0.29, 0.717) is 19.1 Å². The fourth-order valence-corrected chi connectivity index (χ4v) is 2.05. The van der Waals surface area contributed by atoms with E-state index in [0.717, 1.165) is 18.1 Å². The van der Waals surface area contributed by atoms with Gasteiger partial charge in [0.25, 0.3) is 0 Å². The van der Waals surface area contributed by atoms with E-state index in [1.165, 1.54) is 5.56 Å². The molecule has 0 spiro atoms. The number of para-hydroxylation sites is 1. The van der Waals surface area contributed by atoms with E-state index in [9.17, 15) is 0 Å². The minimum atomic E-state index is 0.421. The standard InChI is InChI=1S/C14H21N5O/c1-11(2)12-6-4-5-7-13(12)19-14(16-17-18-19)10-15-8-9-20-3/h4-7,11,15H,8-10H2,1-3H3. The first-order chi connectivity index (χ1) is 9.74. The number of rotatable bonds is 7. The first-order valence-electron chi connectivity index (χ1n) is 6.80. The van der Waals surface area contributed by atoms with Crippen LogP contribution in [0.25, 0.3) is 5.69 Å². The summed E-state index contributed by atoms with van der Waals surface area (Å²) in [7, 11) is 1.69. The second-order valence-corrected chi connectivity index (χ2v) is 4.89. The van der Waals surface area contributed by atoms with Crippen LogP contribution in [0.3, 0.4) is 0 Å². The number of methoxy groups -OCH3 is 1. The topological polar surface area (TPSA) is 64.9 Å². The van der Waals surface area contributed by atoms with E-state index < -0.39 is 0 Å². The van der Waals surface area contributed by atoms with Gasteiger partial charge in [-0.05, 0) is 28.0 Å². The average Bonchev–Trinajstić information content (AvgIpc) is 2.92. The van der Waals surface area contributed by atoms with Gasteiger partial charge >= 0.3 is 0 Å². The van der Waals surface area contributed by atoms with Crippen LogP contribution < -0.4 is 5.32 Å². The molecule has 0 saturated carbocycles. The van der Waals surface area contributed by atoms with Gasteiger partial charge in [0, 0.05) is 13.7 Å². The molecule has 0 aliphatic rings.